The van der Waals surface area contributed by atoms with Gasteiger partial charge in [-0.05, 0) is 26.3 Å². The first-order chi connectivity index (χ1) is 6.08. The Bertz CT molecular complexity index is 207. The summed E-state index contributed by atoms with van der Waals surface area (Å²) in [5.41, 5.74) is -0.975. The van der Waals surface area contributed by atoms with Gasteiger partial charge in [-0.25, -0.2) is 4.39 Å². The molecule has 0 aromatic heterocycles. The van der Waals surface area contributed by atoms with Crippen LogP contribution in [0.1, 0.15) is 26.2 Å². The van der Waals surface area contributed by atoms with E-state index in [4.69, 9.17) is 4.74 Å². The van der Waals surface area contributed by atoms with Crippen molar-refractivity contribution in [3.63, 3.8) is 0 Å². The molecule has 76 valence electrons. The van der Waals surface area contributed by atoms with Gasteiger partial charge in [0.1, 0.15) is 5.67 Å². The van der Waals surface area contributed by atoms with Crippen LogP contribution in [-0.4, -0.2) is 42.9 Å². The summed E-state index contributed by atoms with van der Waals surface area (Å²) in [7, 11) is 1.71. The van der Waals surface area contributed by atoms with E-state index >= 15 is 0 Å². The second kappa shape index (κ2) is 2.92. The maximum absolute atomic E-state index is 13.8. The van der Waals surface area contributed by atoms with Gasteiger partial charge in [0.25, 0.3) is 0 Å². The van der Waals surface area contributed by atoms with Crippen LogP contribution in [0.25, 0.3) is 0 Å². The molecular weight excluding hydrogens is 169 g/mol. The summed E-state index contributed by atoms with van der Waals surface area (Å²) in [5, 5.41) is 0. The van der Waals surface area contributed by atoms with Crippen LogP contribution < -0.4 is 0 Å². The van der Waals surface area contributed by atoms with E-state index in [1.165, 1.54) is 6.42 Å². The molecule has 0 aliphatic carbocycles. The minimum absolute atomic E-state index is 0.0260. The molecule has 0 N–H and O–H groups in total. The second-order valence-electron chi connectivity index (χ2n) is 4.77. The zero-order valence-corrected chi connectivity index (χ0v) is 8.48. The third-order valence-electron chi connectivity index (χ3n) is 3.37. The van der Waals surface area contributed by atoms with E-state index in [1.807, 2.05) is 0 Å². The van der Waals surface area contributed by atoms with Crippen molar-refractivity contribution in [1.29, 1.82) is 0 Å². The molecule has 2 aliphatic heterocycles. The fourth-order valence-electron chi connectivity index (χ4n) is 3.06. The van der Waals surface area contributed by atoms with Crippen LogP contribution >= 0.6 is 0 Å². The molecule has 2 atom stereocenters. The van der Waals surface area contributed by atoms with Gasteiger partial charge in [0.05, 0.1) is 6.61 Å². The van der Waals surface area contributed by atoms with Crippen molar-refractivity contribution >= 4 is 0 Å². The van der Waals surface area contributed by atoms with Crippen LogP contribution in [0, 0.1) is 0 Å². The number of fused-ring (bicyclic) bond motifs is 1. The molecular formula is C10H18FNO. The topological polar surface area (TPSA) is 12.5 Å². The molecule has 0 amide bonds. The number of rotatable bonds is 2. The van der Waals surface area contributed by atoms with Crippen LogP contribution in [0.4, 0.5) is 4.39 Å². The molecule has 3 heteroatoms. The minimum atomic E-state index is -1.00. The van der Waals surface area contributed by atoms with E-state index in [0.29, 0.717) is 19.6 Å². The Balaban J connectivity index is 2.15. The molecule has 2 heterocycles. The van der Waals surface area contributed by atoms with Crippen LogP contribution in [0.5, 0.6) is 0 Å². The number of halogens is 1. The van der Waals surface area contributed by atoms with Crippen molar-refractivity contribution in [3.8, 4) is 0 Å². The number of ether oxygens (including phenoxy) is 1. The van der Waals surface area contributed by atoms with Gasteiger partial charge in [-0.3, -0.25) is 4.90 Å². The maximum atomic E-state index is 13.8. The molecule has 0 spiro atoms. The Hall–Kier alpha value is -0.150. The molecule has 2 nitrogen and oxygen atoms in total. The third-order valence-corrected chi connectivity index (χ3v) is 3.37. The number of hydrogen-bond acceptors (Lipinski definition) is 2. The highest BCUT2D eigenvalue weighted by Crippen LogP contribution is 2.44. The van der Waals surface area contributed by atoms with Gasteiger partial charge in [0.15, 0.2) is 0 Å². The first kappa shape index (κ1) is 9.41. The molecule has 2 saturated heterocycles. The standard InChI is InChI=1S/C10H18FNO/c1-9(11)6-10(8-13-2)4-3-5-12(10)7-9/h3-8H2,1-2H3/t9-,10+/m1/s1. The van der Waals surface area contributed by atoms with Gasteiger partial charge in [-0.15, -0.1) is 0 Å². The predicted molar refractivity (Wildman–Crippen MR) is 49.5 cm³/mol. The zero-order chi connectivity index (χ0) is 9.53. The summed E-state index contributed by atoms with van der Waals surface area (Å²) in [4.78, 5) is 2.27. The van der Waals surface area contributed by atoms with Crippen molar-refractivity contribution in [2.75, 3.05) is 26.8 Å². The molecule has 0 bridgehead atoms. The monoisotopic (exact) mass is 187 g/mol. The highest BCUT2D eigenvalue weighted by molar-refractivity contribution is 5.08. The molecule has 0 aromatic rings. The smallest absolute Gasteiger partial charge is 0.122 e. The molecule has 0 saturated carbocycles. The number of hydrogen-bond donors (Lipinski definition) is 0. The quantitative estimate of drug-likeness (QED) is 0.651. The lowest BCUT2D eigenvalue weighted by Gasteiger charge is -2.30. The number of alkyl halides is 1. The molecule has 2 rings (SSSR count). The van der Waals surface area contributed by atoms with E-state index in [-0.39, 0.29) is 5.54 Å². The molecule has 13 heavy (non-hydrogen) atoms. The minimum Gasteiger partial charge on any atom is -0.383 e. The summed E-state index contributed by atoms with van der Waals surface area (Å²) < 4.78 is 19.0. The predicted octanol–water partition coefficient (Wildman–Crippen LogP) is 1.60. The first-order valence-electron chi connectivity index (χ1n) is 5.01. The van der Waals surface area contributed by atoms with E-state index in [1.54, 1.807) is 14.0 Å². The lowest BCUT2D eigenvalue weighted by Crippen LogP contribution is -2.42. The maximum Gasteiger partial charge on any atom is 0.122 e. The fraction of sp³-hybridized carbons (Fsp3) is 1.00. The van der Waals surface area contributed by atoms with E-state index in [0.717, 1.165) is 13.0 Å². The van der Waals surface area contributed by atoms with Gasteiger partial charge in [0.2, 0.25) is 0 Å². The Morgan fingerprint density at radius 2 is 2.31 bits per heavy atom. The van der Waals surface area contributed by atoms with Gasteiger partial charge < -0.3 is 4.74 Å². The Morgan fingerprint density at radius 1 is 1.54 bits per heavy atom. The normalized spacial score (nSPS) is 45.5. The summed E-state index contributed by atoms with van der Waals surface area (Å²) in [6, 6.07) is 0. The molecule has 2 fully saturated rings. The van der Waals surface area contributed by atoms with E-state index in [2.05, 4.69) is 4.90 Å². The Labute approximate surface area is 79.1 Å². The fourth-order valence-corrected chi connectivity index (χ4v) is 3.06. The molecule has 2 aliphatic rings. The van der Waals surface area contributed by atoms with Crippen LogP contribution in [0.15, 0.2) is 0 Å². The van der Waals surface area contributed by atoms with Crippen molar-refractivity contribution in [2.45, 2.75) is 37.4 Å². The lowest BCUT2D eigenvalue weighted by molar-refractivity contribution is 0.0644. The lowest BCUT2D eigenvalue weighted by atomic mass is 9.90. The van der Waals surface area contributed by atoms with Gasteiger partial charge in [-0.2, -0.15) is 0 Å². The molecule has 0 unspecified atom stereocenters. The molecule has 0 radical (unpaired) electrons. The average molecular weight is 187 g/mol. The highest BCUT2D eigenvalue weighted by Gasteiger charge is 2.53. The van der Waals surface area contributed by atoms with Gasteiger partial charge in [0, 0.05) is 25.6 Å². The Morgan fingerprint density at radius 3 is 3.00 bits per heavy atom. The molecule has 0 aromatic carbocycles. The Kier molecular flexibility index (Phi) is 2.11. The number of nitrogens with zero attached hydrogens (tertiary/aromatic N) is 1. The van der Waals surface area contributed by atoms with Crippen molar-refractivity contribution in [2.24, 2.45) is 0 Å². The summed E-state index contributed by atoms with van der Waals surface area (Å²) in [5.74, 6) is 0. The van der Waals surface area contributed by atoms with Crippen LogP contribution in [0.2, 0.25) is 0 Å². The van der Waals surface area contributed by atoms with Crippen molar-refractivity contribution < 1.29 is 9.13 Å². The van der Waals surface area contributed by atoms with E-state index < -0.39 is 5.67 Å². The zero-order valence-electron chi connectivity index (χ0n) is 8.48. The van der Waals surface area contributed by atoms with E-state index in [9.17, 15) is 4.39 Å². The first-order valence-corrected chi connectivity index (χ1v) is 5.01. The van der Waals surface area contributed by atoms with Gasteiger partial charge >= 0.3 is 0 Å². The third kappa shape index (κ3) is 1.48. The second-order valence-corrected chi connectivity index (χ2v) is 4.77. The SMILES string of the molecule is COC[C@@]12CCCN1C[C@](C)(F)C2. The van der Waals surface area contributed by atoms with Crippen LogP contribution in [-0.2, 0) is 4.74 Å². The average Bonchev–Trinajstić information content (AvgIpc) is 2.40. The van der Waals surface area contributed by atoms with Crippen LogP contribution in [0.3, 0.4) is 0 Å². The summed E-state index contributed by atoms with van der Waals surface area (Å²) >= 11 is 0. The summed E-state index contributed by atoms with van der Waals surface area (Å²) in [6.45, 7) is 4.04. The van der Waals surface area contributed by atoms with Crippen molar-refractivity contribution in [1.82, 2.24) is 4.90 Å². The number of methoxy groups -OCH3 is 1. The largest absolute Gasteiger partial charge is 0.383 e. The summed E-state index contributed by atoms with van der Waals surface area (Å²) in [6.07, 6.45) is 2.94. The highest BCUT2D eigenvalue weighted by atomic mass is 19.1. The van der Waals surface area contributed by atoms with Gasteiger partial charge in [-0.1, -0.05) is 0 Å². The van der Waals surface area contributed by atoms with Crippen molar-refractivity contribution in [3.05, 3.63) is 0 Å².